The molecule has 1 heterocycles. The van der Waals surface area contributed by atoms with E-state index in [-0.39, 0.29) is 23.3 Å². The lowest BCUT2D eigenvalue weighted by Gasteiger charge is -2.32. The fourth-order valence-corrected chi connectivity index (χ4v) is 3.63. The van der Waals surface area contributed by atoms with Gasteiger partial charge in [0.2, 0.25) is 0 Å². The van der Waals surface area contributed by atoms with Gasteiger partial charge in [0.05, 0.1) is 16.8 Å². The molecule has 1 amide bonds. The van der Waals surface area contributed by atoms with Crippen molar-refractivity contribution in [2.45, 2.75) is 51.4 Å². The number of hydrogen-bond acceptors (Lipinski definition) is 4. The lowest BCUT2D eigenvalue weighted by Crippen LogP contribution is -2.41. The van der Waals surface area contributed by atoms with Gasteiger partial charge in [0, 0.05) is 12.0 Å². The van der Waals surface area contributed by atoms with Gasteiger partial charge in [-0.3, -0.25) is 4.79 Å². The molecule has 5 nitrogen and oxygen atoms in total. The van der Waals surface area contributed by atoms with Crippen LogP contribution in [0.1, 0.15) is 49.2 Å². The minimum Gasteiger partial charge on any atom is -0.428 e. The number of para-hydroxylation sites is 1. The smallest absolute Gasteiger partial charge is 0.428 e. The van der Waals surface area contributed by atoms with Crippen LogP contribution in [0.5, 0.6) is 5.75 Å². The highest BCUT2D eigenvalue weighted by Crippen LogP contribution is 2.39. The molecule has 1 saturated heterocycles. The molecule has 0 atom stereocenters. The molecular weight excluding hydrogens is 403 g/mol. The Morgan fingerprint density at radius 1 is 1.10 bits per heavy atom. The molecule has 0 radical (unpaired) electrons. The fourth-order valence-electron chi connectivity index (χ4n) is 3.63. The summed E-state index contributed by atoms with van der Waals surface area (Å²) in [6, 6.07) is 11.1. The van der Waals surface area contributed by atoms with Gasteiger partial charge in [-0.05, 0) is 62.5 Å². The van der Waals surface area contributed by atoms with E-state index >= 15 is 0 Å². The predicted octanol–water partition coefficient (Wildman–Crippen LogP) is 3.70. The number of carbonyl (C=O) groups excluding carboxylic acids is 1. The summed E-state index contributed by atoms with van der Waals surface area (Å²) in [4.78, 5) is 11.5. The normalized spacial score (nSPS) is 19.2. The molecule has 31 heavy (non-hydrogen) atoms. The first kappa shape index (κ1) is 21.5. The van der Waals surface area contributed by atoms with Gasteiger partial charge in [-0.1, -0.05) is 30.3 Å². The van der Waals surface area contributed by atoms with Crippen molar-refractivity contribution in [2.75, 3.05) is 0 Å². The van der Waals surface area contributed by atoms with Crippen LogP contribution in [-0.2, 0) is 15.7 Å². The van der Waals surface area contributed by atoms with Crippen molar-refractivity contribution < 1.29 is 27.6 Å². The summed E-state index contributed by atoms with van der Waals surface area (Å²) in [6.45, 7) is 7.83. The number of ether oxygens (including phenoxy) is 1. The van der Waals surface area contributed by atoms with Crippen LogP contribution in [0.4, 0.5) is 8.78 Å². The number of rotatable bonds is 5. The lowest BCUT2D eigenvalue weighted by atomic mass is 9.78. The van der Waals surface area contributed by atoms with Gasteiger partial charge in [-0.2, -0.15) is 8.78 Å². The van der Waals surface area contributed by atoms with E-state index < -0.39 is 30.3 Å². The van der Waals surface area contributed by atoms with Gasteiger partial charge in [-0.15, -0.1) is 0 Å². The zero-order valence-corrected chi connectivity index (χ0v) is 17.9. The highest BCUT2D eigenvalue weighted by Gasteiger charge is 2.52. The van der Waals surface area contributed by atoms with E-state index in [9.17, 15) is 13.6 Å². The van der Waals surface area contributed by atoms with E-state index in [0.29, 0.717) is 5.56 Å². The van der Waals surface area contributed by atoms with E-state index in [1.807, 2.05) is 33.8 Å². The molecule has 1 aliphatic heterocycles. The maximum absolute atomic E-state index is 14.9. The van der Waals surface area contributed by atoms with Gasteiger partial charge >= 0.3 is 13.2 Å². The first-order valence-corrected chi connectivity index (χ1v) is 10.0. The van der Waals surface area contributed by atoms with Crippen LogP contribution in [0.3, 0.4) is 0 Å². The summed E-state index contributed by atoms with van der Waals surface area (Å²) in [5, 5.41) is 0. The van der Waals surface area contributed by atoms with Crippen LogP contribution in [0, 0.1) is 0 Å². The topological polar surface area (TPSA) is 70.8 Å². The Balaban J connectivity index is 1.58. The van der Waals surface area contributed by atoms with Crippen molar-refractivity contribution in [1.82, 2.24) is 0 Å². The standard InChI is InChI=1S/C23H24BF2NO4/c1-21(2)22(3,4)31-24(30-21)17-10-9-14-11-16(12-15(14)13-17)23(25,26)29-19-8-6-5-7-18(19)20(27)28/h5-10,12-13H,11H2,1-4H3,(H2,27,28). The molecule has 2 aliphatic rings. The van der Waals surface area contributed by atoms with E-state index in [1.165, 1.54) is 30.3 Å². The highest BCUT2D eigenvalue weighted by molar-refractivity contribution is 6.62. The molecule has 8 heteroatoms. The van der Waals surface area contributed by atoms with Gasteiger partial charge in [0.15, 0.2) is 0 Å². The Kier molecular flexibility index (Phi) is 4.98. The quantitative estimate of drug-likeness (QED) is 0.739. The average molecular weight is 427 g/mol. The Morgan fingerprint density at radius 3 is 2.39 bits per heavy atom. The first-order chi connectivity index (χ1) is 14.4. The monoisotopic (exact) mass is 427 g/mol. The van der Waals surface area contributed by atoms with Crippen molar-refractivity contribution >= 4 is 24.6 Å². The number of nitrogens with two attached hydrogens (primary N) is 1. The zero-order chi connectivity index (χ0) is 22.6. The maximum atomic E-state index is 14.9. The van der Waals surface area contributed by atoms with Crippen molar-refractivity contribution in [2.24, 2.45) is 5.73 Å². The number of halogens is 2. The second-order valence-corrected chi connectivity index (χ2v) is 8.87. The average Bonchev–Trinajstić information content (AvgIpc) is 3.19. The van der Waals surface area contributed by atoms with Gasteiger partial charge in [0.25, 0.3) is 5.91 Å². The fraction of sp³-hybridized carbons (Fsp3) is 0.348. The molecular formula is C23H24BF2NO4. The third kappa shape index (κ3) is 3.86. The number of benzene rings is 2. The molecule has 0 aromatic heterocycles. The molecule has 2 aromatic carbocycles. The molecule has 0 unspecified atom stereocenters. The minimum absolute atomic E-state index is 0.0325. The summed E-state index contributed by atoms with van der Waals surface area (Å²) in [5.74, 6) is -1.09. The molecule has 2 N–H and O–H groups in total. The molecule has 4 rings (SSSR count). The predicted molar refractivity (Wildman–Crippen MR) is 114 cm³/mol. The Hall–Kier alpha value is -2.71. The van der Waals surface area contributed by atoms with Crippen molar-refractivity contribution in [3.8, 4) is 5.75 Å². The maximum Gasteiger partial charge on any atom is 0.494 e. The molecule has 2 aromatic rings. The Morgan fingerprint density at radius 2 is 1.74 bits per heavy atom. The number of carbonyl (C=O) groups is 1. The third-order valence-corrected chi connectivity index (χ3v) is 6.17. The number of hydrogen-bond donors (Lipinski definition) is 1. The number of amides is 1. The summed E-state index contributed by atoms with van der Waals surface area (Å²) in [7, 11) is -0.577. The van der Waals surface area contributed by atoms with Gasteiger partial charge in [0.1, 0.15) is 5.75 Å². The van der Waals surface area contributed by atoms with Crippen LogP contribution in [0.2, 0.25) is 0 Å². The van der Waals surface area contributed by atoms with Crippen molar-refractivity contribution in [3.63, 3.8) is 0 Å². The molecule has 1 fully saturated rings. The summed E-state index contributed by atoms with van der Waals surface area (Å²) in [5.41, 5.74) is 6.16. The SMILES string of the molecule is CC1(C)OB(c2ccc3c(c2)C=C(C(F)(F)Oc2ccccc2C(N)=O)C3)OC1(C)C. The third-order valence-electron chi connectivity index (χ3n) is 6.17. The van der Waals surface area contributed by atoms with Crippen molar-refractivity contribution in [1.29, 1.82) is 0 Å². The zero-order valence-electron chi connectivity index (χ0n) is 17.9. The summed E-state index contributed by atoms with van der Waals surface area (Å²) < 4.78 is 46.9. The van der Waals surface area contributed by atoms with Crippen LogP contribution >= 0.6 is 0 Å². The largest absolute Gasteiger partial charge is 0.494 e. The first-order valence-electron chi connectivity index (χ1n) is 10.0. The van der Waals surface area contributed by atoms with E-state index in [0.717, 1.165) is 11.0 Å². The Labute approximate surface area is 180 Å². The minimum atomic E-state index is -3.60. The van der Waals surface area contributed by atoms with Crippen LogP contribution < -0.4 is 15.9 Å². The van der Waals surface area contributed by atoms with E-state index in [1.54, 1.807) is 12.1 Å². The molecule has 0 spiro atoms. The summed E-state index contributed by atoms with van der Waals surface area (Å²) >= 11 is 0. The summed E-state index contributed by atoms with van der Waals surface area (Å²) in [6.07, 6.45) is -2.16. The van der Waals surface area contributed by atoms with E-state index in [4.69, 9.17) is 19.8 Å². The molecule has 0 saturated carbocycles. The second kappa shape index (κ2) is 7.17. The highest BCUT2D eigenvalue weighted by atomic mass is 19.3. The Bertz CT molecular complexity index is 1060. The van der Waals surface area contributed by atoms with Gasteiger partial charge in [-0.25, -0.2) is 0 Å². The van der Waals surface area contributed by atoms with E-state index in [2.05, 4.69) is 0 Å². The molecule has 162 valence electrons. The van der Waals surface area contributed by atoms with Crippen molar-refractivity contribution in [3.05, 3.63) is 64.7 Å². The lowest BCUT2D eigenvalue weighted by molar-refractivity contribution is -0.142. The molecule has 1 aliphatic carbocycles. The number of alkyl halides is 2. The number of fused-ring (bicyclic) bond motifs is 1. The molecule has 0 bridgehead atoms. The van der Waals surface area contributed by atoms with Crippen LogP contribution in [0.15, 0.2) is 48.0 Å². The van der Waals surface area contributed by atoms with Crippen LogP contribution in [0.25, 0.3) is 6.08 Å². The van der Waals surface area contributed by atoms with Crippen LogP contribution in [-0.4, -0.2) is 30.3 Å². The van der Waals surface area contributed by atoms with Gasteiger partial charge < -0.3 is 19.8 Å². The second-order valence-electron chi connectivity index (χ2n) is 8.87. The number of primary amides is 1.